The average Bonchev–Trinajstić information content (AvgIpc) is 2.60. The maximum atomic E-state index is 5.79. The van der Waals surface area contributed by atoms with Gasteiger partial charge in [0.15, 0.2) is 0 Å². The van der Waals surface area contributed by atoms with Crippen molar-refractivity contribution in [1.82, 2.24) is 4.90 Å². The van der Waals surface area contributed by atoms with Gasteiger partial charge < -0.3 is 5.73 Å². The standard InChI is InChI=1S/C12H16N2S/c13-10-6-14(7-10)5-9-8-15-12-4-2-1-3-11(9)12/h1-4,9-10H,5-8,13H2. The van der Waals surface area contributed by atoms with Crippen LogP contribution in [-0.2, 0) is 0 Å². The molecule has 0 aliphatic carbocycles. The van der Waals surface area contributed by atoms with Crippen molar-refractivity contribution in [1.29, 1.82) is 0 Å². The zero-order valence-corrected chi connectivity index (χ0v) is 9.54. The first-order valence-corrected chi connectivity index (χ1v) is 6.51. The molecule has 0 saturated carbocycles. The molecule has 2 nitrogen and oxygen atoms in total. The lowest BCUT2D eigenvalue weighted by Crippen LogP contribution is -2.56. The van der Waals surface area contributed by atoms with Crippen LogP contribution in [0.2, 0.25) is 0 Å². The molecule has 1 fully saturated rings. The molecule has 1 aromatic rings. The van der Waals surface area contributed by atoms with Gasteiger partial charge in [-0.05, 0) is 11.6 Å². The smallest absolute Gasteiger partial charge is 0.0297 e. The fourth-order valence-corrected chi connectivity index (χ4v) is 3.69. The van der Waals surface area contributed by atoms with Gasteiger partial charge in [0.25, 0.3) is 0 Å². The van der Waals surface area contributed by atoms with Gasteiger partial charge in [0, 0.05) is 42.2 Å². The number of thioether (sulfide) groups is 1. The number of likely N-dealkylation sites (tertiary alicyclic amines) is 1. The molecule has 2 aliphatic rings. The third kappa shape index (κ3) is 1.80. The summed E-state index contributed by atoms with van der Waals surface area (Å²) < 4.78 is 0. The Balaban J connectivity index is 1.69. The summed E-state index contributed by atoms with van der Waals surface area (Å²) in [6.45, 7) is 3.37. The molecule has 1 unspecified atom stereocenters. The van der Waals surface area contributed by atoms with Crippen LogP contribution >= 0.6 is 11.8 Å². The summed E-state index contributed by atoms with van der Waals surface area (Å²) in [5, 5.41) is 0. The van der Waals surface area contributed by atoms with E-state index in [1.54, 1.807) is 5.56 Å². The summed E-state index contributed by atoms with van der Waals surface area (Å²) in [6.07, 6.45) is 0. The van der Waals surface area contributed by atoms with E-state index in [0.717, 1.165) is 19.0 Å². The van der Waals surface area contributed by atoms with Gasteiger partial charge in [-0.15, -0.1) is 11.8 Å². The number of benzene rings is 1. The number of hydrogen-bond acceptors (Lipinski definition) is 3. The van der Waals surface area contributed by atoms with Crippen molar-refractivity contribution in [2.24, 2.45) is 5.73 Å². The van der Waals surface area contributed by atoms with Gasteiger partial charge in [-0.1, -0.05) is 18.2 Å². The third-order valence-corrected chi connectivity index (χ3v) is 4.51. The Morgan fingerprint density at radius 2 is 2.13 bits per heavy atom. The molecular weight excluding hydrogens is 204 g/mol. The first-order valence-electron chi connectivity index (χ1n) is 5.52. The van der Waals surface area contributed by atoms with E-state index >= 15 is 0 Å². The van der Waals surface area contributed by atoms with Crippen molar-refractivity contribution in [3.8, 4) is 0 Å². The summed E-state index contributed by atoms with van der Waals surface area (Å²) in [7, 11) is 0. The topological polar surface area (TPSA) is 29.3 Å². The zero-order valence-electron chi connectivity index (χ0n) is 8.73. The van der Waals surface area contributed by atoms with Gasteiger partial charge in [-0.2, -0.15) is 0 Å². The quantitative estimate of drug-likeness (QED) is 0.819. The minimum Gasteiger partial charge on any atom is -0.325 e. The number of hydrogen-bond donors (Lipinski definition) is 1. The maximum absolute atomic E-state index is 5.79. The van der Waals surface area contributed by atoms with Gasteiger partial charge in [0.1, 0.15) is 0 Å². The molecule has 2 N–H and O–H groups in total. The Labute approximate surface area is 94.8 Å². The largest absolute Gasteiger partial charge is 0.325 e. The van der Waals surface area contributed by atoms with Crippen molar-refractivity contribution in [2.75, 3.05) is 25.4 Å². The highest BCUT2D eigenvalue weighted by molar-refractivity contribution is 7.99. The van der Waals surface area contributed by atoms with Gasteiger partial charge >= 0.3 is 0 Å². The van der Waals surface area contributed by atoms with E-state index in [-0.39, 0.29) is 0 Å². The van der Waals surface area contributed by atoms with Gasteiger partial charge in [0.2, 0.25) is 0 Å². The number of fused-ring (bicyclic) bond motifs is 1. The van der Waals surface area contributed by atoms with Crippen LogP contribution < -0.4 is 5.73 Å². The summed E-state index contributed by atoms with van der Waals surface area (Å²) in [5.41, 5.74) is 7.34. The molecule has 3 heteroatoms. The highest BCUT2D eigenvalue weighted by atomic mass is 32.2. The third-order valence-electron chi connectivity index (χ3n) is 3.26. The molecule has 0 amide bonds. The van der Waals surface area contributed by atoms with Crippen LogP contribution in [0.25, 0.3) is 0 Å². The summed E-state index contributed by atoms with van der Waals surface area (Å²) in [5.74, 6) is 1.96. The molecule has 2 aliphatic heterocycles. The molecule has 15 heavy (non-hydrogen) atoms. The average molecular weight is 220 g/mol. The number of nitrogens with zero attached hydrogens (tertiary/aromatic N) is 1. The first kappa shape index (κ1) is 9.70. The Kier molecular flexibility index (Phi) is 2.47. The lowest BCUT2D eigenvalue weighted by Gasteiger charge is -2.38. The second-order valence-electron chi connectivity index (χ2n) is 4.52. The molecule has 0 spiro atoms. The van der Waals surface area contributed by atoms with Gasteiger partial charge in [0.05, 0.1) is 0 Å². The predicted octanol–water partition coefficient (Wildman–Crippen LogP) is 1.52. The van der Waals surface area contributed by atoms with E-state index in [1.807, 2.05) is 11.8 Å². The van der Waals surface area contributed by atoms with Crippen molar-refractivity contribution >= 4 is 11.8 Å². The Hall–Kier alpha value is -0.510. The van der Waals surface area contributed by atoms with Crippen molar-refractivity contribution < 1.29 is 0 Å². The van der Waals surface area contributed by atoms with E-state index in [1.165, 1.54) is 17.2 Å². The van der Waals surface area contributed by atoms with E-state index in [4.69, 9.17) is 5.73 Å². The Morgan fingerprint density at radius 3 is 2.93 bits per heavy atom. The molecular formula is C12H16N2S. The van der Waals surface area contributed by atoms with Crippen LogP contribution in [-0.4, -0.2) is 36.3 Å². The monoisotopic (exact) mass is 220 g/mol. The second kappa shape index (κ2) is 3.81. The lowest BCUT2D eigenvalue weighted by atomic mass is 9.98. The highest BCUT2D eigenvalue weighted by Gasteiger charge is 2.29. The van der Waals surface area contributed by atoms with Gasteiger partial charge in [-0.25, -0.2) is 0 Å². The van der Waals surface area contributed by atoms with Crippen LogP contribution in [0.1, 0.15) is 11.5 Å². The maximum Gasteiger partial charge on any atom is 0.0297 e. The minimum absolute atomic E-state index is 0.425. The molecule has 1 saturated heterocycles. The molecule has 0 aromatic heterocycles. The van der Waals surface area contributed by atoms with E-state index in [9.17, 15) is 0 Å². The molecule has 0 radical (unpaired) electrons. The molecule has 80 valence electrons. The fourth-order valence-electron chi connectivity index (χ4n) is 2.45. The predicted molar refractivity (Wildman–Crippen MR) is 64.3 cm³/mol. The van der Waals surface area contributed by atoms with E-state index < -0.39 is 0 Å². The lowest BCUT2D eigenvalue weighted by molar-refractivity contribution is 0.144. The first-order chi connectivity index (χ1) is 7.33. The van der Waals surface area contributed by atoms with Crippen LogP contribution in [0.3, 0.4) is 0 Å². The van der Waals surface area contributed by atoms with Crippen molar-refractivity contribution in [3.63, 3.8) is 0 Å². The fraction of sp³-hybridized carbons (Fsp3) is 0.500. The number of rotatable bonds is 2. The van der Waals surface area contributed by atoms with Crippen molar-refractivity contribution in [2.45, 2.75) is 16.9 Å². The molecule has 2 heterocycles. The minimum atomic E-state index is 0.425. The number of nitrogens with two attached hydrogens (primary N) is 1. The normalized spacial score (nSPS) is 26.3. The van der Waals surface area contributed by atoms with Crippen molar-refractivity contribution in [3.05, 3.63) is 29.8 Å². The van der Waals surface area contributed by atoms with E-state index in [0.29, 0.717) is 6.04 Å². The summed E-state index contributed by atoms with van der Waals surface area (Å²) in [4.78, 5) is 3.95. The highest BCUT2D eigenvalue weighted by Crippen LogP contribution is 2.39. The van der Waals surface area contributed by atoms with E-state index in [2.05, 4.69) is 29.2 Å². The van der Waals surface area contributed by atoms with Crippen LogP contribution in [0.15, 0.2) is 29.2 Å². The molecule has 3 rings (SSSR count). The Bertz CT molecular complexity index is 360. The van der Waals surface area contributed by atoms with Crippen LogP contribution in [0.4, 0.5) is 0 Å². The molecule has 1 aromatic carbocycles. The Morgan fingerprint density at radius 1 is 1.33 bits per heavy atom. The molecule has 1 atom stereocenters. The molecule has 0 bridgehead atoms. The van der Waals surface area contributed by atoms with Crippen LogP contribution in [0, 0.1) is 0 Å². The van der Waals surface area contributed by atoms with Gasteiger partial charge in [-0.3, -0.25) is 4.90 Å². The zero-order chi connectivity index (χ0) is 10.3. The van der Waals surface area contributed by atoms with Crippen LogP contribution in [0.5, 0.6) is 0 Å². The summed E-state index contributed by atoms with van der Waals surface area (Å²) >= 11 is 2.00. The second-order valence-corrected chi connectivity index (χ2v) is 5.59. The SMILES string of the molecule is NC1CN(CC2CSc3ccccc32)C1. The summed E-state index contributed by atoms with van der Waals surface area (Å²) in [6, 6.07) is 9.23.